The number of aromatic nitrogens is 2. The van der Waals surface area contributed by atoms with E-state index in [1.807, 2.05) is 19.1 Å². The molecule has 1 unspecified atom stereocenters. The summed E-state index contributed by atoms with van der Waals surface area (Å²) in [7, 11) is -0.895. The number of nitrogens with one attached hydrogen (secondary N) is 2. The molecular formula is C20H29N5O6S. The summed E-state index contributed by atoms with van der Waals surface area (Å²) in [5.74, 6) is 2.46. The molecule has 1 aliphatic heterocycles. The van der Waals surface area contributed by atoms with Crippen LogP contribution in [0.1, 0.15) is 26.2 Å². The molecule has 12 heteroatoms. The van der Waals surface area contributed by atoms with Crippen LogP contribution in [0, 0.1) is 11.8 Å². The van der Waals surface area contributed by atoms with E-state index in [1.165, 1.54) is 11.0 Å². The SMILES string of the molecule is CCC(CNS(=O)(=O)NC(=O)O)C1CCN(c2ncnc3cc(OC)c(OC)cc23)CC1. The number of amides is 1. The van der Waals surface area contributed by atoms with Gasteiger partial charge in [0.2, 0.25) is 0 Å². The first-order chi connectivity index (χ1) is 15.3. The fraction of sp³-hybridized carbons (Fsp3) is 0.550. The van der Waals surface area contributed by atoms with Gasteiger partial charge in [-0.2, -0.15) is 13.1 Å². The largest absolute Gasteiger partial charge is 0.493 e. The number of hydrogen-bond acceptors (Lipinski definition) is 8. The van der Waals surface area contributed by atoms with E-state index in [4.69, 9.17) is 14.6 Å². The molecule has 0 saturated carbocycles. The van der Waals surface area contributed by atoms with Crippen LogP contribution in [0.4, 0.5) is 10.6 Å². The van der Waals surface area contributed by atoms with Crippen LogP contribution in [0.5, 0.6) is 11.5 Å². The van der Waals surface area contributed by atoms with E-state index in [2.05, 4.69) is 19.6 Å². The van der Waals surface area contributed by atoms with Crippen molar-refractivity contribution in [2.24, 2.45) is 11.8 Å². The van der Waals surface area contributed by atoms with Crippen molar-refractivity contribution >= 4 is 33.0 Å². The fourth-order valence-electron chi connectivity index (χ4n) is 4.22. The molecule has 0 spiro atoms. The maximum absolute atomic E-state index is 11.8. The lowest BCUT2D eigenvalue weighted by atomic mass is 9.83. The molecule has 1 saturated heterocycles. The Balaban J connectivity index is 1.70. The van der Waals surface area contributed by atoms with Gasteiger partial charge in [-0.15, -0.1) is 0 Å². The number of ether oxygens (including phenoxy) is 2. The fourth-order valence-corrected chi connectivity index (χ4v) is 4.95. The Hall–Kier alpha value is -2.86. The number of piperidine rings is 1. The summed E-state index contributed by atoms with van der Waals surface area (Å²) in [6, 6.07) is 3.71. The molecule has 1 aromatic carbocycles. The predicted molar refractivity (Wildman–Crippen MR) is 119 cm³/mol. The summed E-state index contributed by atoms with van der Waals surface area (Å²) in [5.41, 5.74) is 0.765. The van der Waals surface area contributed by atoms with Crippen LogP contribution < -0.4 is 23.8 Å². The number of carbonyl (C=O) groups is 1. The monoisotopic (exact) mass is 467 g/mol. The lowest BCUT2D eigenvalue weighted by Crippen LogP contribution is -2.44. The molecular weight excluding hydrogens is 438 g/mol. The zero-order valence-electron chi connectivity index (χ0n) is 18.4. The third kappa shape index (κ3) is 5.49. The van der Waals surface area contributed by atoms with Crippen molar-refractivity contribution < 1.29 is 27.8 Å². The van der Waals surface area contributed by atoms with Crippen LogP contribution in [0.25, 0.3) is 10.9 Å². The maximum atomic E-state index is 11.8. The average Bonchev–Trinajstić information content (AvgIpc) is 2.77. The number of fused-ring (bicyclic) bond motifs is 1. The highest BCUT2D eigenvalue weighted by molar-refractivity contribution is 7.88. The van der Waals surface area contributed by atoms with Crippen molar-refractivity contribution in [2.75, 3.05) is 38.8 Å². The summed E-state index contributed by atoms with van der Waals surface area (Å²) in [6.45, 7) is 3.73. The molecule has 2 heterocycles. The Morgan fingerprint density at radius 2 is 1.88 bits per heavy atom. The number of methoxy groups -OCH3 is 2. The van der Waals surface area contributed by atoms with Crippen molar-refractivity contribution in [3.63, 3.8) is 0 Å². The van der Waals surface area contributed by atoms with Crippen LogP contribution >= 0.6 is 0 Å². The number of rotatable bonds is 9. The highest BCUT2D eigenvalue weighted by Gasteiger charge is 2.28. The van der Waals surface area contributed by atoms with Gasteiger partial charge in [0.25, 0.3) is 0 Å². The first kappa shape index (κ1) is 23.8. The zero-order chi connectivity index (χ0) is 23.3. The number of nitrogens with zero attached hydrogens (tertiary/aromatic N) is 3. The van der Waals surface area contributed by atoms with Crippen LogP contribution in [0.3, 0.4) is 0 Å². The minimum absolute atomic E-state index is 0.106. The Morgan fingerprint density at radius 3 is 2.47 bits per heavy atom. The normalized spacial score (nSPS) is 16.0. The quantitative estimate of drug-likeness (QED) is 0.504. The number of benzene rings is 1. The van der Waals surface area contributed by atoms with E-state index in [-0.39, 0.29) is 12.5 Å². The third-order valence-corrected chi connectivity index (χ3v) is 6.90. The summed E-state index contributed by atoms with van der Waals surface area (Å²) in [4.78, 5) is 21.7. The van der Waals surface area contributed by atoms with Crippen LogP contribution in [-0.2, 0) is 10.2 Å². The lowest BCUT2D eigenvalue weighted by molar-refractivity contribution is 0.200. The van der Waals surface area contributed by atoms with E-state index in [1.54, 1.807) is 14.2 Å². The van der Waals surface area contributed by atoms with E-state index in [0.29, 0.717) is 17.4 Å². The van der Waals surface area contributed by atoms with Gasteiger partial charge in [0, 0.05) is 31.1 Å². The molecule has 1 atom stereocenters. The molecule has 1 fully saturated rings. The molecule has 2 aromatic rings. The minimum atomic E-state index is -4.06. The Morgan fingerprint density at radius 1 is 1.22 bits per heavy atom. The number of carboxylic acid groups (broad SMARTS) is 1. The van der Waals surface area contributed by atoms with Crippen molar-refractivity contribution in [1.29, 1.82) is 0 Å². The predicted octanol–water partition coefficient (Wildman–Crippen LogP) is 1.99. The van der Waals surface area contributed by atoms with E-state index < -0.39 is 16.3 Å². The minimum Gasteiger partial charge on any atom is -0.493 e. The van der Waals surface area contributed by atoms with Gasteiger partial charge in [0.1, 0.15) is 12.1 Å². The molecule has 3 N–H and O–H groups in total. The highest BCUT2D eigenvalue weighted by Crippen LogP contribution is 2.36. The summed E-state index contributed by atoms with van der Waals surface area (Å²) in [6.07, 6.45) is 2.45. The summed E-state index contributed by atoms with van der Waals surface area (Å²) >= 11 is 0. The summed E-state index contributed by atoms with van der Waals surface area (Å²) in [5, 5.41) is 9.51. The second-order valence-electron chi connectivity index (χ2n) is 7.67. The first-order valence-electron chi connectivity index (χ1n) is 10.4. The smallest absolute Gasteiger partial charge is 0.419 e. The second kappa shape index (κ2) is 10.2. The molecule has 0 aliphatic carbocycles. The van der Waals surface area contributed by atoms with Gasteiger partial charge in [-0.25, -0.2) is 19.5 Å². The topological polar surface area (TPSA) is 143 Å². The molecule has 1 amide bonds. The summed E-state index contributed by atoms with van der Waals surface area (Å²) < 4.78 is 38.2. The standard InChI is InChI=1S/C20H29N5O6S/c1-4-13(11-23-32(28,29)24-20(26)27)14-5-7-25(8-6-14)19-15-9-17(30-2)18(31-3)10-16(15)21-12-22-19/h9-10,12-14,23-24H,4-8,11H2,1-3H3,(H,26,27). The Kier molecular flexibility index (Phi) is 7.56. The molecule has 1 aromatic heterocycles. The van der Waals surface area contributed by atoms with Crippen molar-refractivity contribution in [1.82, 2.24) is 19.4 Å². The average molecular weight is 468 g/mol. The molecule has 1 aliphatic rings. The van der Waals surface area contributed by atoms with E-state index >= 15 is 0 Å². The van der Waals surface area contributed by atoms with Gasteiger partial charge in [-0.05, 0) is 30.7 Å². The molecule has 32 heavy (non-hydrogen) atoms. The van der Waals surface area contributed by atoms with Gasteiger partial charge >= 0.3 is 16.3 Å². The molecule has 3 rings (SSSR count). The van der Waals surface area contributed by atoms with Gasteiger partial charge in [-0.1, -0.05) is 13.3 Å². The van der Waals surface area contributed by atoms with Gasteiger partial charge in [0.15, 0.2) is 11.5 Å². The molecule has 176 valence electrons. The van der Waals surface area contributed by atoms with E-state index in [0.717, 1.165) is 49.1 Å². The Bertz CT molecular complexity index is 1060. The zero-order valence-corrected chi connectivity index (χ0v) is 19.2. The van der Waals surface area contributed by atoms with Gasteiger partial charge in [0.05, 0.1) is 19.7 Å². The number of hydrogen-bond donors (Lipinski definition) is 3. The third-order valence-electron chi connectivity index (χ3n) is 5.91. The van der Waals surface area contributed by atoms with Crippen LogP contribution in [0.2, 0.25) is 0 Å². The second-order valence-corrected chi connectivity index (χ2v) is 9.17. The van der Waals surface area contributed by atoms with Crippen molar-refractivity contribution in [3.8, 4) is 11.5 Å². The van der Waals surface area contributed by atoms with Gasteiger partial charge in [-0.3, -0.25) is 0 Å². The lowest BCUT2D eigenvalue weighted by Gasteiger charge is -2.36. The van der Waals surface area contributed by atoms with Crippen LogP contribution in [0.15, 0.2) is 18.5 Å². The molecule has 0 radical (unpaired) electrons. The van der Waals surface area contributed by atoms with Crippen LogP contribution in [-0.4, -0.2) is 63.4 Å². The van der Waals surface area contributed by atoms with Crippen molar-refractivity contribution in [3.05, 3.63) is 18.5 Å². The molecule has 0 bridgehead atoms. The van der Waals surface area contributed by atoms with E-state index in [9.17, 15) is 13.2 Å². The first-order valence-corrected chi connectivity index (χ1v) is 11.9. The highest BCUT2D eigenvalue weighted by atomic mass is 32.2. The molecule has 11 nitrogen and oxygen atoms in total. The Labute approximate surface area is 187 Å². The van der Waals surface area contributed by atoms with Gasteiger partial charge < -0.3 is 19.5 Å². The number of anilines is 1. The van der Waals surface area contributed by atoms with Crippen molar-refractivity contribution in [2.45, 2.75) is 26.2 Å². The maximum Gasteiger partial charge on any atom is 0.419 e.